The fourth-order valence-electron chi connectivity index (χ4n) is 1.92. The van der Waals surface area contributed by atoms with E-state index in [-0.39, 0.29) is 4.90 Å². The fourth-order valence-corrected chi connectivity index (χ4v) is 3.30. The summed E-state index contributed by atoms with van der Waals surface area (Å²) in [4.78, 5) is 11.6. The summed E-state index contributed by atoms with van der Waals surface area (Å²) in [5.41, 5.74) is -1.38. The van der Waals surface area contributed by atoms with Gasteiger partial charge in [0.05, 0.1) is 4.90 Å². The summed E-state index contributed by atoms with van der Waals surface area (Å²) in [6.45, 7) is 1.32. The number of hydrogen-bond acceptors (Lipinski definition) is 3. The molecule has 0 aliphatic carbocycles. The van der Waals surface area contributed by atoms with Gasteiger partial charge in [-0.3, -0.25) is 0 Å². The van der Waals surface area contributed by atoms with Crippen LogP contribution in [0.4, 0.5) is 0 Å². The zero-order valence-electron chi connectivity index (χ0n) is 11.4. The first-order valence-corrected chi connectivity index (χ1v) is 7.72. The number of rotatable bonds is 5. The van der Waals surface area contributed by atoms with Gasteiger partial charge in [0.25, 0.3) is 0 Å². The molecule has 21 heavy (non-hydrogen) atoms. The highest BCUT2D eigenvalue weighted by molar-refractivity contribution is 7.89. The molecule has 0 fully saturated rings. The molecule has 110 valence electrons. The van der Waals surface area contributed by atoms with Gasteiger partial charge in [0, 0.05) is 0 Å². The Balaban J connectivity index is 2.45. The van der Waals surface area contributed by atoms with Crippen LogP contribution in [0.5, 0.6) is 0 Å². The topological polar surface area (TPSA) is 83.5 Å². The highest BCUT2D eigenvalue weighted by Crippen LogP contribution is 2.24. The average Bonchev–Trinajstić information content (AvgIpc) is 2.48. The molecule has 0 amide bonds. The van der Waals surface area contributed by atoms with E-state index in [0.717, 1.165) is 0 Å². The monoisotopic (exact) mass is 305 g/mol. The molecule has 1 unspecified atom stereocenters. The Morgan fingerprint density at radius 2 is 1.48 bits per heavy atom. The average molecular weight is 305 g/mol. The van der Waals surface area contributed by atoms with Crippen molar-refractivity contribution >= 4 is 16.0 Å². The molecule has 6 heteroatoms. The Labute approximate surface area is 123 Å². The first-order valence-electron chi connectivity index (χ1n) is 6.24. The minimum atomic E-state index is -3.94. The highest BCUT2D eigenvalue weighted by atomic mass is 32.2. The zero-order chi connectivity index (χ0) is 15.5. The molecule has 0 radical (unpaired) electrons. The van der Waals surface area contributed by atoms with Gasteiger partial charge in [0.2, 0.25) is 10.0 Å². The number of sulfonamides is 1. The van der Waals surface area contributed by atoms with Gasteiger partial charge in [0.15, 0.2) is 5.54 Å². The van der Waals surface area contributed by atoms with Crippen LogP contribution in [0.3, 0.4) is 0 Å². The smallest absolute Gasteiger partial charge is 0.329 e. The van der Waals surface area contributed by atoms with Crippen LogP contribution in [0.1, 0.15) is 12.5 Å². The van der Waals surface area contributed by atoms with Crippen LogP contribution in [0.2, 0.25) is 0 Å². The maximum atomic E-state index is 12.4. The molecule has 2 N–H and O–H groups in total. The van der Waals surface area contributed by atoms with Gasteiger partial charge in [-0.15, -0.1) is 0 Å². The second-order valence-corrected chi connectivity index (χ2v) is 6.40. The summed E-state index contributed by atoms with van der Waals surface area (Å²) in [6.07, 6.45) is 0. The van der Waals surface area contributed by atoms with Crippen molar-refractivity contribution in [2.45, 2.75) is 17.4 Å². The quantitative estimate of drug-likeness (QED) is 0.884. The highest BCUT2D eigenvalue weighted by Gasteiger charge is 2.39. The summed E-state index contributed by atoms with van der Waals surface area (Å²) in [6, 6.07) is 15.9. The molecule has 0 aromatic heterocycles. The van der Waals surface area contributed by atoms with Crippen molar-refractivity contribution in [3.63, 3.8) is 0 Å². The third-order valence-electron chi connectivity index (χ3n) is 3.17. The lowest BCUT2D eigenvalue weighted by molar-refractivity contribution is -0.143. The largest absolute Gasteiger partial charge is 0.480 e. The first kappa shape index (κ1) is 15.2. The van der Waals surface area contributed by atoms with E-state index >= 15 is 0 Å². The van der Waals surface area contributed by atoms with Crippen LogP contribution < -0.4 is 4.72 Å². The summed E-state index contributed by atoms with van der Waals surface area (Å²) in [7, 11) is -3.94. The van der Waals surface area contributed by atoms with Gasteiger partial charge in [-0.05, 0) is 24.6 Å². The SMILES string of the molecule is CC(NS(=O)(=O)c1ccccc1)(C(=O)O)c1ccccc1. The van der Waals surface area contributed by atoms with E-state index in [2.05, 4.69) is 4.72 Å². The molecule has 0 saturated heterocycles. The molecule has 1 atom stereocenters. The molecule has 0 bridgehead atoms. The van der Waals surface area contributed by atoms with Crippen molar-refractivity contribution in [3.8, 4) is 0 Å². The number of carbonyl (C=O) groups is 1. The molecule has 2 aromatic carbocycles. The Morgan fingerprint density at radius 1 is 1.00 bits per heavy atom. The van der Waals surface area contributed by atoms with Crippen molar-refractivity contribution in [3.05, 3.63) is 66.2 Å². The summed E-state index contributed by atoms with van der Waals surface area (Å²) >= 11 is 0. The van der Waals surface area contributed by atoms with Gasteiger partial charge >= 0.3 is 5.97 Å². The number of aliphatic carboxylic acids is 1. The Hall–Kier alpha value is -2.18. The molecular formula is C15H15NO4S. The van der Waals surface area contributed by atoms with Crippen LogP contribution in [-0.2, 0) is 20.4 Å². The second kappa shape index (κ2) is 5.67. The maximum absolute atomic E-state index is 12.4. The normalized spacial score (nSPS) is 14.3. The molecular weight excluding hydrogens is 290 g/mol. The third-order valence-corrected chi connectivity index (χ3v) is 4.74. The predicted octanol–water partition coefficient (Wildman–Crippen LogP) is 1.96. The molecule has 0 aliphatic rings. The molecule has 2 rings (SSSR count). The van der Waals surface area contributed by atoms with Crippen LogP contribution in [0, 0.1) is 0 Å². The molecule has 5 nitrogen and oxygen atoms in total. The van der Waals surface area contributed by atoms with E-state index in [1.54, 1.807) is 48.5 Å². The summed E-state index contributed by atoms with van der Waals surface area (Å²) in [5.74, 6) is -1.27. The summed E-state index contributed by atoms with van der Waals surface area (Å²) < 4.78 is 27.0. The standard InChI is InChI=1S/C15H15NO4S/c1-15(14(17)18,12-8-4-2-5-9-12)16-21(19,20)13-10-6-3-7-11-13/h2-11,16H,1H3,(H,17,18). The lowest BCUT2D eigenvalue weighted by Gasteiger charge is -2.26. The van der Waals surface area contributed by atoms with Gasteiger partial charge in [0.1, 0.15) is 0 Å². The van der Waals surface area contributed by atoms with E-state index in [1.165, 1.54) is 19.1 Å². The van der Waals surface area contributed by atoms with Gasteiger partial charge in [-0.1, -0.05) is 48.5 Å². The Bertz CT molecular complexity index is 729. The molecule has 0 spiro atoms. The van der Waals surface area contributed by atoms with Crippen molar-refractivity contribution in [1.82, 2.24) is 4.72 Å². The molecule has 2 aromatic rings. The van der Waals surface area contributed by atoms with E-state index in [0.29, 0.717) is 5.56 Å². The van der Waals surface area contributed by atoms with E-state index in [4.69, 9.17) is 0 Å². The number of nitrogens with one attached hydrogen (secondary N) is 1. The number of carboxylic acid groups (broad SMARTS) is 1. The maximum Gasteiger partial charge on any atom is 0.329 e. The number of benzene rings is 2. The van der Waals surface area contributed by atoms with Gasteiger partial charge in [-0.25, -0.2) is 13.2 Å². The Kier molecular flexibility index (Phi) is 4.11. The van der Waals surface area contributed by atoms with E-state index in [1.807, 2.05) is 0 Å². The Morgan fingerprint density at radius 3 is 1.95 bits per heavy atom. The fraction of sp³-hybridized carbons (Fsp3) is 0.133. The van der Waals surface area contributed by atoms with Crippen LogP contribution >= 0.6 is 0 Å². The number of carboxylic acids is 1. The lowest BCUT2D eigenvalue weighted by atomic mass is 9.94. The third kappa shape index (κ3) is 3.12. The van der Waals surface area contributed by atoms with E-state index in [9.17, 15) is 18.3 Å². The zero-order valence-corrected chi connectivity index (χ0v) is 12.2. The van der Waals surface area contributed by atoms with E-state index < -0.39 is 21.5 Å². The van der Waals surface area contributed by atoms with Gasteiger partial charge in [-0.2, -0.15) is 4.72 Å². The first-order chi connectivity index (χ1) is 9.86. The molecule has 0 saturated carbocycles. The van der Waals surface area contributed by atoms with Gasteiger partial charge < -0.3 is 5.11 Å². The minimum Gasteiger partial charge on any atom is -0.480 e. The van der Waals surface area contributed by atoms with Crippen LogP contribution in [-0.4, -0.2) is 19.5 Å². The predicted molar refractivity (Wildman–Crippen MR) is 78.2 cm³/mol. The van der Waals surface area contributed by atoms with Crippen LogP contribution in [0.15, 0.2) is 65.6 Å². The summed E-state index contributed by atoms with van der Waals surface area (Å²) in [5, 5.41) is 9.47. The second-order valence-electron chi connectivity index (χ2n) is 4.71. The molecule has 0 heterocycles. The van der Waals surface area contributed by atoms with Crippen molar-refractivity contribution in [2.75, 3.05) is 0 Å². The van der Waals surface area contributed by atoms with Crippen LogP contribution in [0.25, 0.3) is 0 Å². The van der Waals surface area contributed by atoms with Crippen molar-refractivity contribution in [1.29, 1.82) is 0 Å². The lowest BCUT2D eigenvalue weighted by Crippen LogP contribution is -2.49. The molecule has 0 aliphatic heterocycles. The number of hydrogen-bond donors (Lipinski definition) is 2. The minimum absolute atomic E-state index is 0.0217. The van der Waals surface area contributed by atoms with Crippen molar-refractivity contribution in [2.24, 2.45) is 0 Å². The van der Waals surface area contributed by atoms with Crippen molar-refractivity contribution < 1.29 is 18.3 Å².